The monoisotopic (exact) mass is 253 g/mol. The van der Waals surface area contributed by atoms with Crippen LogP contribution in [-0.4, -0.2) is 18.8 Å². The molecule has 1 aromatic rings. The Bertz CT molecular complexity index is 315. The average Bonchev–Trinajstić information content (AvgIpc) is 2.72. The summed E-state index contributed by atoms with van der Waals surface area (Å²) < 4.78 is 5.85. The highest BCUT2D eigenvalue weighted by Gasteiger charge is 2.36. The van der Waals surface area contributed by atoms with E-state index >= 15 is 0 Å². The van der Waals surface area contributed by atoms with Crippen molar-refractivity contribution in [3.8, 4) is 0 Å². The van der Waals surface area contributed by atoms with Crippen LogP contribution >= 0.6 is 11.3 Å². The minimum absolute atomic E-state index is 0.0849. The van der Waals surface area contributed by atoms with Gasteiger partial charge in [0.15, 0.2) is 0 Å². The molecule has 1 aliphatic rings. The van der Waals surface area contributed by atoms with Gasteiger partial charge in [0, 0.05) is 13.2 Å². The number of rotatable bonds is 4. The Hall–Kier alpha value is -0.380. The summed E-state index contributed by atoms with van der Waals surface area (Å²) in [6, 6.07) is 2.30. The fourth-order valence-corrected chi connectivity index (χ4v) is 3.58. The zero-order chi connectivity index (χ0) is 12.1. The van der Waals surface area contributed by atoms with Crippen molar-refractivity contribution in [2.75, 3.05) is 7.11 Å². The van der Waals surface area contributed by atoms with Gasteiger partial charge in [-0.25, -0.2) is 0 Å². The number of hydrogen-bond acceptors (Lipinski definition) is 3. The lowest BCUT2D eigenvalue weighted by Crippen LogP contribution is -2.50. The average molecular weight is 253 g/mol. The third kappa shape index (κ3) is 3.09. The molecular weight excluding hydrogens is 230 g/mol. The van der Waals surface area contributed by atoms with E-state index < -0.39 is 0 Å². The first kappa shape index (κ1) is 13.1. The van der Waals surface area contributed by atoms with Crippen LogP contribution in [0.25, 0.3) is 0 Å². The second kappa shape index (κ2) is 5.98. The molecule has 0 aromatic carbocycles. The number of methoxy groups -OCH3 is 1. The Morgan fingerprint density at radius 2 is 2.06 bits per heavy atom. The second-order valence-electron chi connectivity index (χ2n) is 5.13. The molecule has 0 bridgehead atoms. The van der Waals surface area contributed by atoms with Crippen LogP contribution in [0.4, 0.5) is 0 Å². The van der Waals surface area contributed by atoms with Crippen molar-refractivity contribution in [1.82, 2.24) is 0 Å². The van der Waals surface area contributed by atoms with Gasteiger partial charge in [-0.15, -0.1) is 0 Å². The zero-order valence-corrected chi connectivity index (χ0v) is 11.5. The number of thiophene rings is 1. The van der Waals surface area contributed by atoms with Gasteiger partial charge in [-0.3, -0.25) is 0 Å². The lowest BCUT2D eigenvalue weighted by atomic mass is 9.84. The van der Waals surface area contributed by atoms with Crippen LogP contribution in [0, 0.1) is 0 Å². The van der Waals surface area contributed by atoms with E-state index in [0.717, 1.165) is 19.3 Å². The molecule has 0 aliphatic heterocycles. The maximum atomic E-state index is 6.43. The van der Waals surface area contributed by atoms with Crippen LogP contribution in [0.1, 0.15) is 44.1 Å². The lowest BCUT2D eigenvalue weighted by Gasteiger charge is -2.37. The molecule has 17 heavy (non-hydrogen) atoms. The van der Waals surface area contributed by atoms with Gasteiger partial charge in [-0.2, -0.15) is 11.3 Å². The molecule has 3 heteroatoms. The Morgan fingerprint density at radius 1 is 1.35 bits per heavy atom. The molecule has 0 saturated heterocycles. The van der Waals surface area contributed by atoms with Crippen LogP contribution in [0.3, 0.4) is 0 Å². The molecular formula is C14H23NOS. The first-order chi connectivity index (χ1) is 8.27. The van der Waals surface area contributed by atoms with Gasteiger partial charge in [-0.1, -0.05) is 25.7 Å². The molecule has 2 rings (SSSR count). The quantitative estimate of drug-likeness (QED) is 0.835. The standard InChI is InChI=1S/C14H23NOS/c1-16-14(7-4-2-3-5-8-14)13(15)10-12-6-9-17-11-12/h6,9,11,13H,2-5,7-8,10,15H2,1H3. The van der Waals surface area contributed by atoms with Crippen molar-refractivity contribution >= 4 is 11.3 Å². The van der Waals surface area contributed by atoms with E-state index in [1.54, 1.807) is 11.3 Å². The largest absolute Gasteiger partial charge is 0.377 e. The molecule has 1 heterocycles. The van der Waals surface area contributed by atoms with Gasteiger partial charge < -0.3 is 10.5 Å². The molecule has 2 nitrogen and oxygen atoms in total. The molecule has 1 unspecified atom stereocenters. The van der Waals surface area contributed by atoms with Crippen LogP contribution in [0.5, 0.6) is 0 Å². The van der Waals surface area contributed by atoms with Crippen molar-refractivity contribution in [3.63, 3.8) is 0 Å². The molecule has 1 aromatic heterocycles. The van der Waals surface area contributed by atoms with E-state index in [1.165, 1.54) is 31.2 Å². The Balaban J connectivity index is 2.04. The van der Waals surface area contributed by atoms with E-state index in [-0.39, 0.29) is 11.6 Å². The summed E-state index contributed by atoms with van der Waals surface area (Å²) in [4.78, 5) is 0. The van der Waals surface area contributed by atoms with Gasteiger partial charge in [0.1, 0.15) is 0 Å². The third-order valence-corrected chi connectivity index (χ3v) is 4.80. The van der Waals surface area contributed by atoms with Crippen molar-refractivity contribution in [2.45, 2.75) is 56.6 Å². The highest BCUT2D eigenvalue weighted by atomic mass is 32.1. The Labute approximate surface area is 108 Å². The summed E-state index contributed by atoms with van der Waals surface area (Å²) in [5.74, 6) is 0. The highest BCUT2D eigenvalue weighted by Crippen LogP contribution is 2.33. The molecule has 0 amide bonds. The lowest BCUT2D eigenvalue weighted by molar-refractivity contribution is -0.0430. The number of hydrogen-bond donors (Lipinski definition) is 1. The summed E-state index contributed by atoms with van der Waals surface area (Å²) in [5.41, 5.74) is 7.70. The van der Waals surface area contributed by atoms with E-state index in [0.29, 0.717) is 0 Å². The first-order valence-corrected chi connectivity index (χ1v) is 7.53. The van der Waals surface area contributed by atoms with E-state index in [2.05, 4.69) is 16.8 Å². The summed E-state index contributed by atoms with van der Waals surface area (Å²) in [7, 11) is 1.83. The van der Waals surface area contributed by atoms with Crippen LogP contribution in [-0.2, 0) is 11.2 Å². The molecule has 1 saturated carbocycles. The van der Waals surface area contributed by atoms with E-state index in [9.17, 15) is 0 Å². The number of nitrogens with two attached hydrogens (primary N) is 1. The van der Waals surface area contributed by atoms with Crippen molar-refractivity contribution in [1.29, 1.82) is 0 Å². The highest BCUT2D eigenvalue weighted by molar-refractivity contribution is 7.07. The second-order valence-corrected chi connectivity index (χ2v) is 5.91. The number of ether oxygens (including phenoxy) is 1. The van der Waals surface area contributed by atoms with Gasteiger partial charge in [0.25, 0.3) is 0 Å². The minimum atomic E-state index is -0.0849. The predicted molar refractivity (Wildman–Crippen MR) is 73.4 cm³/mol. The maximum absolute atomic E-state index is 6.43. The van der Waals surface area contributed by atoms with Crippen molar-refractivity contribution in [2.24, 2.45) is 5.73 Å². The topological polar surface area (TPSA) is 35.2 Å². The summed E-state index contributed by atoms with van der Waals surface area (Å²) in [5, 5.41) is 4.31. The SMILES string of the molecule is COC1(C(N)Cc2ccsc2)CCCCCC1. The maximum Gasteiger partial charge on any atom is 0.0832 e. The summed E-state index contributed by atoms with van der Waals surface area (Å²) >= 11 is 1.74. The van der Waals surface area contributed by atoms with E-state index in [4.69, 9.17) is 10.5 Å². The molecule has 1 atom stereocenters. The molecule has 0 spiro atoms. The van der Waals surface area contributed by atoms with Gasteiger partial charge in [-0.05, 0) is 41.7 Å². The van der Waals surface area contributed by atoms with Crippen LogP contribution in [0.15, 0.2) is 16.8 Å². The van der Waals surface area contributed by atoms with Crippen LogP contribution < -0.4 is 5.73 Å². The molecule has 2 N–H and O–H groups in total. The molecule has 0 radical (unpaired) electrons. The van der Waals surface area contributed by atoms with Gasteiger partial charge in [0.05, 0.1) is 5.60 Å². The third-order valence-electron chi connectivity index (χ3n) is 4.07. The summed E-state index contributed by atoms with van der Waals surface area (Å²) in [6.07, 6.45) is 8.35. The van der Waals surface area contributed by atoms with Gasteiger partial charge in [0.2, 0.25) is 0 Å². The Kier molecular flexibility index (Phi) is 4.60. The fourth-order valence-electron chi connectivity index (χ4n) is 2.90. The molecule has 96 valence electrons. The summed E-state index contributed by atoms with van der Waals surface area (Å²) in [6.45, 7) is 0. The van der Waals surface area contributed by atoms with E-state index in [1.807, 2.05) is 7.11 Å². The fraction of sp³-hybridized carbons (Fsp3) is 0.714. The van der Waals surface area contributed by atoms with Crippen molar-refractivity contribution in [3.05, 3.63) is 22.4 Å². The Morgan fingerprint density at radius 3 is 2.59 bits per heavy atom. The van der Waals surface area contributed by atoms with Gasteiger partial charge >= 0.3 is 0 Å². The normalized spacial score (nSPS) is 22.0. The smallest absolute Gasteiger partial charge is 0.0832 e. The van der Waals surface area contributed by atoms with Crippen molar-refractivity contribution < 1.29 is 4.74 Å². The molecule has 1 fully saturated rings. The van der Waals surface area contributed by atoms with Crippen LogP contribution in [0.2, 0.25) is 0 Å². The first-order valence-electron chi connectivity index (χ1n) is 6.59. The predicted octanol–water partition coefficient (Wildman–Crippen LogP) is 3.36. The zero-order valence-electron chi connectivity index (χ0n) is 10.7. The molecule has 1 aliphatic carbocycles. The minimum Gasteiger partial charge on any atom is -0.377 e.